The molecular weight excluding hydrogens is 294 g/mol. The van der Waals surface area contributed by atoms with Gasteiger partial charge in [-0.05, 0) is 37.5 Å². The minimum atomic E-state index is 0.0607. The summed E-state index contributed by atoms with van der Waals surface area (Å²) in [7, 11) is 0. The van der Waals surface area contributed by atoms with E-state index in [1.54, 1.807) is 0 Å². The molecule has 126 valence electrons. The van der Waals surface area contributed by atoms with Gasteiger partial charge in [0, 0.05) is 32.7 Å². The molecule has 0 saturated carbocycles. The van der Waals surface area contributed by atoms with Gasteiger partial charge in [0.1, 0.15) is 0 Å². The van der Waals surface area contributed by atoms with Crippen LogP contribution in [0.5, 0.6) is 11.5 Å². The maximum absolute atomic E-state index is 6.12. The standard InChI is InChI=1S/C18H25NO4/c1-2-20-15-10-18(23-12-15)5-7-19(8-6-18)11-14-3-4-16-17(9-14)22-13-21-16/h3-4,9,15H,2,5-8,10-13H2,1H3. The molecule has 0 amide bonds. The van der Waals surface area contributed by atoms with Gasteiger partial charge in [-0.15, -0.1) is 0 Å². The third-order valence-electron chi connectivity index (χ3n) is 5.19. The molecular formula is C18H25NO4. The van der Waals surface area contributed by atoms with Gasteiger partial charge in [-0.3, -0.25) is 4.90 Å². The number of fused-ring (bicyclic) bond motifs is 1. The summed E-state index contributed by atoms with van der Waals surface area (Å²) in [5.74, 6) is 1.72. The summed E-state index contributed by atoms with van der Waals surface area (Å²) in [5.41, 5.74) is 1.34. The molecule has 3 aliphatic heterocycles. The first-order valence-corrected chi connectivity index (χ1v) is 8.63. The number of ether oxygens (including phenoxy) is 4. The second-order valence-electron chi connectivity index (χ2n) is 6.74. The highest BCUT2D eigenvalue weighted by Gasteiger charge is 2.42. The highest BCUT2D eigenvalue weighted by atomic mass is 16.7. The zero-order valence-electron chi connectivity index (χ0n) is 13.8. The minimum Gasteiger partial charge on any atom is -0.454 e. The zero-order valence-corrected chi connectivity index (χ0v) is 13.8. The van der Waals surface area contributed by atoms with Crippen LogP contribution in [0, 0.1) is 0 Å². The molecule has 1 unspecified atom stereocenters. The van der Waals surface area contributed by atoms with E-state index < -0.39 is 0 Å². The fourth-order valence-corrected chi connectivity index (χ4v) is 3.91. The van der Waals surface area contributed by atoms with Gasteiger partial charge in [-0.2, -0.15) is 0 Å². The number of hydrogen-bond acceptors (Lipinski definition) is 5. The summed E-state index contributed by atoms with van der Waals surface area (Å²) in [6.45, 7) is 7.04. The van der Waals surface area contributed by atoms with E-state index in [4.69, 9.17) is 18.9 Å². The van der Waals surface area contributed by atoms with Crippen LogP contribution in [-0.2, 0) is 16.0 Å². The van der Waals surface area contributed by atoms with Gasteiger partial charge in [0.2, 0.25) is 6.79 Å². The molecule has 1 aromatic rings. The lowest BCUT2D eigenvalue weighted by Gasteiger charge is -2.38. The van der Waals surface area contributed by atoms with Crippen LogP contribution in [-0.4, -0.2) is 49.7 Å². The lowest BCUT2D eigenvalue weighted by Crippen LogP contribution is -2.43. The number of hydrogen-bond donors (Lipinski definition) is 0. The van der Waals surface area contributed by atoms with E-state index in [2.05, 4.69) is 24.0 Å². The van der Waals surface area contributed by atoms with Gasteiger partial charge in [0.25, 0.3) is 0 Å². The number of piperidine rings is 1. The summed E-state index contributed by atoms with van der Waals surface area (Å²) in [6.07, 6.45) is 3.54. The molecule has 0 bridgehead atoms. The molecule has 1 aromatic carbocycles. The molecule has 3 heterocycles. The maximum atomic E-state index is 6.12. The van der Waals surface area contributed by atoms with Gasteiger partial charge < -0.3 is 18.9 Å². The predicted molar refractivity (Wildman–Crippen MR) is 85.8 cm³/mol. The minimum absolute atomic E-state index is 0.0607. The quantitative estimate of drug-likeness (QED) is 0.853. The molecule has 1 spiro atoms. The largest absolute Gasteiger partial charge is 0.454 e. The Bertz CT molecular complexity index is 554. The fourth-order valence-electron chi connectivity index (χ4n) is 3.91. The Balaban J connectivity index is 1.32. The number of rotatable bonds is 4. The molecule has 0 aliphatic carbocycles. The van der Waals surface area contributed by atoms with E-state index in [0.717, 1.165) is 63.6 Å². The first-order chi connectivity index (χ1) is 11.3. The van der Waals surface area contributed by atoms with Crippen molar-refractivity contribution in [2.45, 2.75) is 44.4 Å². The molecule has 4 rings (SSSR count). The summed E-state index contributed by atoms with van der Waals surface area (Å²) in [4.78, 5) is 2.50. The molecule has 0 N–H and O–H groups in total. The van der Waals surface area contributed by atoms with Crippen molar-refractivity contribution in [2.75, 3.05) is 33.1 Å². The van der Waals surface area contributed by atoms with Crippen molar-refractivity contribution in [1.82, 2.24) is 4.90 Å². The second kappa shape index (κ2) is 6.30. The Labute approximate surface area is 137 Å². The Hall–Kier alpha value is -1.30. The van der Waals surface area contributed by atoms with Crippen molar-refractivity contribution in [1.29, 1.82) is 0 Å². The van der Waals surface area contributed by atoms with E-state index in [1.807, 2.05) is 6.07 Å². The van der Waals surface area contributed by atoms with Crippen LogP contribution in [0.2, 0.25) is 0 Å². The van der Waals surface area contributed by atoms with E-state index in [0.29, 0.717) is 12.9 Å². The Morgan fingerprint density at radius 3 is 2.87 bits per heavy atom. The van der Waals surface area contributed by atoms with Gasteiger partial charge in [0.15, 0.2) is 11.5 Å². The Morgan fingerprint density at radius 2 is 2.04 bits per heavy atom. The van der Waals surface area contributed by atoms with E-state index >= 15 is 0 Å². The molecule has 5 heteroatoms. The highest BCUT2D eigenvalue weighted by molar-refractivity contribution is 5.44. The third-order valence-corrected chi connectivity index (χ3v) is 5.19. The van der Waals surface area contributed by atoms with Crippen LogP contribution >= 0.6 is 0 Å². The lowest BCUT2D eigenvalue weighted by molar-refractivity contribution is -0.0464. The highest BCUT2D eigenvalue weighted by Crippen LogP contribution is 2.38. The monoisotopic (exact) mass is 319 g/mol. The Kier molecular flexibility index (Phi) is 4.18. The second-order valence-corrected chi connectivity index (χ2v) is 6.74. The van der Waals surface area contributed by atoms with Crippen LogP contribution in [0.15, 0.2) is 18.2 Å². The lowest BCUT2D eigenvalue weighted by atomic mass is 9.88. The number of nitrogens with zero attached hydrogens (tertiary/aromatic N) is 1. The van der Waals surface area contributed by atoms with Crippen molar-refractivity contribution in [3.8, 4) is 11.5 Å². The van der Waals surface area contributed by atoms with Crippen LogP contribution in [0.3, 0.4) is 0 Å². The molecule has 3 aliphatic rings. The molecule has 0 radical (unpaired) electrons. The third kappa shape index (κ3) is 3.18. The van der Waals surface area contributed by atoms with E-state index in [-0.39, 0.29) is 5.60 Å². The average Bonchev–Trinajstić information content (AvgIpc) is 3.17. The predicted octanol–water partition coefficient (Wildman–Crippen LogP) is 2.58. The van der Waals surface area contributed by atoms with Crippen molar-refractivity contribution in [2.24, 2.45) is 0 Å². The van der Waals surface area contributed by atoms with Gasteiger partial charge in [0.05, 0.1) is 18.3 Å². The molecule has 1 atom stereocenters. The molecule has 23 heavy (non-hydrogen) atoms. The first-order valence-electron chi connectivity index (χ1n) is 8.63. The normalized spacial score (nSPS) is 26.0. The van der Waals surface area contributed by atoms with Gasteiger partial charge in [-0.1, -0.05) is 6.07 Å². The van der Waals surface area contributed by atoms with Crippen molar-refractivity contribution in [3.63, 3.8) is 0 Å². The smallest absolute Gasteiger partial charge is 0.231 e. The summed E-state index contributed by atoms with van der Waals surface area (Å²) < 4.78 is 22.7. The van der Waals surface area contributed by atoms with E-state index in [1.165, 1.54) is 5.56 Å². The van der Waals surface area contributed by atoms with Crippen LogP contribution in [0.25, 0.3) is 0 Å². The SMILES string of the molecule is CCOC1COC2(CCN(Cc3ccc4c(c3)OCO4)CC2)C1. The molecule has 5 nitrogen and oxygen atoms in total. The van der Waals surface area contributed by atoms with Gasteiger partial charge >= 0.3 is 0 Å². The van der Waals surface area contributed by atoms with Gasteiger partial charge in [-0.25, -0.2) is 0 Å². The molecule has 0 aromatic heterocycles. The summed E-state index contributed by atoms with van der Waals surface area (Å²) in [5, 5.41) is 0. The summed E-state index contributed by atoms with van der Waals surface area (Å²) >= 11 is 0. The average molecular weight is 319 g/mol. The Morgan fingerprint density at radius 1 is 1.22 bits per heavy atom. The molecule has 2 saturated heterocycles. The van der Waals surface area contributed by atoms with Crippen molar-refractivity contribution < 1.29 is 18.9 Å². The van der Waals surface area contributed by atoms with Crippen molar-refractivity contribution in [3.05, 3.63) is 23.8 Å². The first kappa shape index (κ1) is 15.2. The summed E-state index contributed by atoms with van der Waals surface area (Å²) in [6, 6.07) is 6.24. The van der Waals surface area contributed by atoms with E-state index in [9.17, 15) is 0 Å². The topological polar surface area (TPSA) is 40.2 Å². The zero-order chi connectivity index (χ0) is 15.7. The van der Waals surface area contributed by atoms with Crippen molar-refractivity contribution >= 4 is 0 Å². The van der Waals surface area contributed by atoms with Crippen LogP contribution in [0.4, 0.5) is 0 Å². The van der Waals surface area contributed by atoms with Crippen LogP contribution in [0.1, 0.15) is 31.7 Å². The molecule has 2 fully saturated rings. The maximum Gasteiger partial charge on any atom is 0.231 e. The number of likely N-dealkylation sites (tertiary alicyclic amines) is 1. The van der Waals surface area contributed by atoms with Crippen LogP contribution < -0.4 is 9.47 Å². The number of benzene rings is 1. The fraction of sp³-hybridized carbons (Fsp3) is 0.667.